The van der Waals surface area contributed by atoms with E-state index in [1.165, 1.54) is 12.8 Å². The summed E-state index contributed by atoms with van der Waals surface area (Å²) in [6, 6.07) is 7.81. The molecule has 1 atom stereocenters. The third-order valence-corrected chi connectivity index (χ3v) is 4.99. The molecule has 0 radical (unpaired) electrons. The molecule has 0 bridgehead atoms. The molecule has 1 aromatic rings. The second-order valence-electron chi connectivity index (χ2n) is 7.69. The minimum Gasteiger partial charge on any atom is -0.381 e. The van der Waals surface area contributed by atoms with E-state index in [-0.39, 0.29) is 36.0 Å². The van der Waals surface area contributed by atoms with Crippen LogP contribution < -0.4 is 16.0 Å². The molecule has 30 heavy (non-hydrogen) atoms. The second-order valence-corrected chi connectivity index (χ2v) is 7.69. The van der Waals surface area contributed by atoms with Crippen molar-refractivity contribution in [3.05, 3.63) is 29.8 Å². The molecule has 1 aliphatic heterocycles. The number of benzene rings is 1. The van der Waals surface area contributed by atoms with E-state index in [9.17, 15) is 4.79 Å². The summed E-state index contributed by atoms with van der Waals surface area (Å²) in [7, 11) is 0. The van der Waals surface area contributed by atoms with Gasteiger partial charge < -0.3 is 25.4 Å². The number of carbonyl (C=O) groups excluding carboxylic acids is 1. The lowest BCUT2D eigenvalue weighted by molar-refractivity contribution is -0.124. The molecule has 1 aliphatic carbocycles. The largest absolute Gasteiger partial charge is 0.381 e. The highest BCUT2D eigenvalue weighted by Gasteiger charge is 2.23. The number of rotatable bonds is 11. The molecular formula is C22H35IN4O3. The molecule has 1 amide bonds. The Morgan fingerprint density at radius 3 is 2.87 bits per heavy atom. The maximum atomic E-state index is 12.2. The average Bonchev–Trinajstić information content (AvgIpc) is 3.38. The van der Waals surface area contributed by atoms with E-state index in [4.69, 9.17) is 9.47 Å². The Morgan fingerprint density at radius 1 is 1.27 bits per heavy atom. The second kappa shape index (κ2) is 13.8. The SMILES string of the molecule is CCNC(=NCc1cccc(NC(=O)C2CCCO2)c1)NCCCOCC1CC1.I. The highest BCUT2D eigenvalue weighted by molar-refractivity contribution is 14.0. The van der Waals surface area contributed by atoms with Crippen molar-refractivity contribution in [3.63, 3.8) is 0 Å². The van der Waals surface area contributed by atoms with Gasteiger partial charge in [0.05, 0.1) is 6.54 Å². The van der Waals surface area contributed by atoms with E-state index in [0.29, 0.717) is 13.2 Å². The molecule has 7 nitrogen and oxygen atoms in total. The van der Waals surface area contributed by atoms with Crippen LogP contribution in [0.5, 0.6) is 0 Å². The van der Waals surface area contributed by atoms with Gasteiger partial charge in [-0.25, -0.2) is 4.99 Å². The van der Waals surface area contributed by atoms with Crippen LogP contribution in [0.4, 0.5) is 5.69 Å². The van der Waals surface area contributed by atoms with E-state index in [1.54, 1.807) is 0 Å². The van der Waals surface area contributed by atoms with Gasteiger partial charge in [-0.2, -0.15) is 0 Å². The quantitative estimate of drug-likeness (QED) is 0.177. The van der Waals surface area contributed by atoms with E-state index >= 15 is 0 Å². The molecular weight excluding hydrogens is 495 g/mol. The Morgan fingerprint density at radius 2 is 2.13 bits per heavy atom. The molecule has 1 saturated heterocycles. The predicted octanol–water partition coefficient (Wildman–Crippen LogP) is 3.29. The molecule has 8 heteroatoms. The maximum Gasteiger partial charge on any atom is 0.253 e. The Bertz CT molecular complexity index is 676. The smallest absolute Gasteiger partial charge is 0.253 e. The fraction of sp³-hybridized carbons (Fsp3) is 0.636. The fourth-order valence-corrected chi connectivity index (χ4v) is 3.18. The summed E-state index contributed by atoms with van der Waals surface area (Å²) in [5.74, 6) is 1.54. The minimum atomic E-state index is -0.325. The van der Waals surface area contributed by atoms with Gasteiger partial charge >= 0.3 is 0 Å². The van der Waals surface area contributed by atoms with Crippen molar-refractivity contribution >= 4 is 41.5 Å². The molecule has 3 rings (SSSR count). The Kier molecular flexibility index (Phi) is 11.5. The predicted molar refractivity (Wildman–Crippen MR) is 130 cm³/mol. The van der Waals surface area contributed by atoms with E-state index < -0.39 is 0 Å². The first-order valence-corrected chi connectivity index (χ1v) is 10.9. The standard InChI is InChI=1S/C22H34N4O3.HI/c1-2-23-22(24-11-5-12-28-16-17-9-10-17)25-15-18-6-3-7-19(14-18)26-21(27)20-8-4-13-29-20;/h3,6-7,14,17,20H,2,4-5,8-13,15-16H2,1H3,(H,26,27)(H2,23,24,25);1H. The number of amides is 1. The van der Waals surface area contributed by atoms with Gasteiger partial charge in [0.25, 0.3) is 5.91 Å². The maximum absolute atomic E-state index is 12.2. The molecule has 0 aromatic heterocycles. The van der Waals surface area contributed by atoms with Crippen LogP contribution in [0.2, 0.25) is 0 Å². The van der Waals surface area contributed by atoms with Crippen LogP contribution in [0.1, 0.15) is 44.6 Å². The number of hydrogen-bond acceptors (Lipinski definition) is 4. The number of nitrogens with zero attached hydrogens (tertiary/aromatic N) is 1. The van der Waals surface area contributed by atoms with Crippen LogP contribution in [0.15, 0.2) is 29.3 Å². The molecule has 1 heterocycles. The van der Waals surface area contributed by atoms with Crippen molar-refractivity contribution in [2.75, 3.05) is 38.2 Å². The van der Waals surface area contributed by atoms with Gasteiger partial charge in [0.1, 0.15) is 6.10 Å². The van der Waals surface area contributed by atoms with Crippen molar-refractivity contribution < 1.29 is 14.3 Å². The average molecular weight is 530 g/mol. The summed E-state index contributed by atoms with van der Waals surface area (Å²) in [6.45, 7) is 6.59. The van der Waals surface area contributed by atoms with Crippen molar-refractivity contribution in [1.29, 1.82) is 0 Å². The first-order valence-electron chi connectivity index (χ1n) is 10.9. The summed E-state index contributed by atoms with van der Waals surface area (Å²) in [4.78, 5) is 16.9. The van der Waals surface area contributed by atoms with Crippen LogP contribution >= 0.6 is 24.0 Å². The van der Waals surface area contributed by atoms with Gasteiger partial charge in [-0.05, 0) is 62.6 Å². The number of aliphatic imine (C=N–C) groups is 1. The van der Waals surface area contributed by atoms with Crippen LogP contribution in [-0.4, -0.2) is 50.9 Å². The van der Waals surface area contributed by atoms with Crippen LogP contribution in [0, 0.1) is 5.92 Å². The van der Waals surface area contributed by atoms with Gasteiger partial charge in [0.15, 0.2) is 5.96 Å². The summed E-state index contributed by atoms with van der Waals surface area (Å²) in [5, 5.41) is 9.56. The third kappa shape index (κ3) is 9.18. The number of anilines is 1. The van der Waals surface area contributed by atoms with Gasteiger partial charge in [0, 0.05) is 38.6 Å². The van der Waals surface area contributed by atoms with E-state index in [0.717, 1.165) is 68.7 Å². The topological polar surface area (TPSA) is 84.0 Å². The number of hydrogen-bond donors (Lipinski definition) is 3. The van der Waals surface area contributed by atoms with Gasteiger partial charge in [0.2, 0.25) is 0 Å². The fourth-order valence-electron chi connectivity index (χ4n) is 3.18. The van der Waals surface area contributed by atoms with Crippen molar-refractivity contribution in [2.45, 2.75) is 51.7 Å². The number of ether oxygens (including phenoxy) is 2. The number of guanidine groups is 1. The zero-order valence-corrected chi connectivity index (χ0v) is 20.2. The molecule has 1 aromatic carbocycles. The van der Waals surface area contributed by atoms with Crippen LogP contribution in [0.25, 0.3) is 0 Å². The molecule has 0 spiro atoms. The zero-order valence-electron chi connectivity index (χ0n) is 17.8. The molecule has 1 unspecified atom stereocenters. The lowest BCUT2D eigenvalue weighted by Crippen LogP contribution is -2.38. The van der Waals surface area contributed by atoms with Crippen LogP contribution in [-0.2, 0) is 20.8 Å². The summed E-state index contributed by atoms with van der Waals surface area (Å²) in [5.41, 5.74) is 1.82. The van der Waals surface area contributed by atoms with Gasteiger partial charge in [-0.15, -0.1) is 24.0 Å². The Labute approximate surface area is 196 Å². The number of carbonyl (C=O) groups is 1. The highest BCUT2D eigenvalue weighted by Crippen LogP contribution is 2.28. The molecule has 1 saturated carbocycles. The van der Waals surface area contributed by atoms with E-state index in [1.807, 2.05) is 24.3 Å². The summed E-state index contributed by atoms with van der Waals surface area (Å²) < 4.78 is 11.1. The Balaban J connectivity index is 0.00000320. The monoisotopic (exact) mass is 530 g/mol. The Hall–Kier alpha value is -1.39. The van der Waals surface area contributed by atoms with Crippen molar-refractivity contribution in [1.82, 2.24) is 10.6 Å². The molecule has 168 valence electrons. The highest BCUT2D eigenvalue weighted by atomic mass is 127. The normalized spacial score (nSPS) is 18.6. The lowest BCUT2D eigenvalue weighted by Gasteiger charge is -2.12. The molecule has 3 N–H and O–H groups in total. The van der Waals surface area contributed by atoms with Crippen molar-refractivity contribution in [2.24, 2.45) is 10.9 Å². The minimum absolute atomic E-state index is 0. The summed E-state index contributed by atoms with van der Waals surface area (Å²) >= 11 is 0. The third-order valence-electron chi connectivity index (χ3n) is 4.99. The first kappa shape index (κ1) is 24.9. The van der Waals surface area contributed by atoms with Gasteiger partial charge in [-0.1, -0.05) is 12.1 Å². The lowest BCUT2D eigenvalue weighted by atomic mass is 10.2. The van der Waals surface area contributed by atoms with Gasteiger partial charge in [-0.3, -0.25) is 4.79 Å². The summed E-state index contributed by atoms with van der Waals surface area (Å²) in [6.07, 6.45) is 5.03. The first-order chi connectivity index (χ1) is 14.2. The molecule has 2 aliphatic rings. The number of nitrogens with one attached hydrogen (secondary N) is 3. The zero-order chi connectivity index (χ0) is 20.3. The van der Waals surface area contributed by atoms with Crippen LogP contribution in [0.3, 0.4) is 0 Å². The van der Waals surface area contributed by atoms with E-state index in [2.05, 4.69) is 27.9 Å². The number of halogens is 1. The molecule has 2 fully saturated rings. The van der Waals surface area contributed by atoms with Crippen molar-refractivity contribution in [3.8, 4) is 0 Å².